The number of fused-ring (bicyclic) bond motifs is 5. The number of carbonyl (C=O) groups is 1. The van der Waals surface area contributed by atoms with Gasteiger partial charge in [0.1, 0.15) is 18.2 Å². The molecule has 3 aromatic rings. The minimum atomic E-state index is -0.942. The molecule has 0 bridgehead atoms. The summed E-state index contributed by atoms with van der Waals surface area (Å²) in [5.41, 5.74) is 4.11. The number of rotatable bonds is 6. The Morgan fingerprint density at radius 2 is 1.97 bits per heavy atom. The number of hydrogen-bond donors (Lipinski definition) is 2. The molecule has 35 heavy (non-hydrogen) atoms. The molecule has 5 rings (SSSR count). The van der Waals surface area contributed by atoms with Crippen molar-refractivity contribution < 1.29 is 19.0 Å². The first-order valence-corrected chi connectivity index (χ1v) is 12.6. The molecule has 0 radical (unpaired) electrons. The Morgan fingerprint density at radius 3 is 2.71 bits per heavy atom. The zero-order valence-corrected chi connectivity index (χ0v) is 20.5. The first kappa shape index (κ1) is 23.8. The van der Waals surface area contributed by atoms with Crippen molar-refractivity contribution in [3.05, 3.63) is 53.3 Å². The zero-order valence-electron chi connectivity index (χ0n) is 20.5. The number of nitrogens with one attached hydrogen (secondary N) is 1. The lowest BCUT2D eigenvalue weighted by Gasteiger charge is -2.28. The van der Waals surface area contributed by atoms with E-state index in [2.05, 4.69) is 14.8 Å². The van der Waals surface area contributed by atoms with Crippen LogP contribution in [0.5, 0.6) is 5.75 Å². The molecule has 1 unspecified atom stereocenters. The summed E-state index contributed by atoms with van der Waals surface area (Å²) in [7, 11) is 4.09. The van der Waals surface area contributed by atoms with Crippen LogP contribution < -0.4 is 10.1 Å². The van der Waals surface area contributed by atoms with Crippen molar-refractivity contribution in [1.82, 2.24) is 14.8 Å². The molecule has 2 aliphatic rings. The predicted molar refractivity (Wildman–Crippen MR) is 136 cm³/mol. The van der Waals surface area contributed by atoms with Gasteiger partial charge in [-0.25, -0.2) is 9.18 Å². The fraction of sp³-hybridized carbons (Fsp3) is 0.464. The highest BCUT2D eigenvalue weighted by Gasteiger charge is 2.31. The molecule has 0 saturated heterocycles. The largest absolute Gasteiger partial charge is 0.491 e. The van der Waals surface area contributed by atoms with Crippen molar-refractivity contribution in [3.8, 4) is 17.0 Å². The van der Waals surface area contributed by atoms with Gasteiger partial charge in [0.15, 0.2) is 0 Å². The molecule has 1 aromatic heterocycles. The van der Waals surface area contributed by atoms with Crippen molar-refractivity contribution >= 4 is 16.9 Å². The van der Waals surface area contributed by atoms with Gasteiger partial charge in [-0.05, 0) is 68.8 Å². The SMILES string of the molecule is CN(C)CCNC1COc2ccc(F)cc2-c2c(C3CCCCC3)c3ccc(C(=O)O)cc3n2C1. The molecule has 6 nitrogen and oxygen atoms in total. The summed E-state index contributed by atoms with van der Waals surface area (Å²) in [6.07, 6.45) is 5.75. The van der Waals surface area contributed by atoms with E-state index in [0.717, 1.165) is 48.1 Å². The number of benzene rings is 2. The van der Waals surface area contributed by atoms with E-state index in [1.54, 1.807) is 24.3 Å². The monoisotopic (exact) mass is 479 g/mol. The number of nitrogens with zero attached hydrogens (tertiary/aromatic N) is 2. The van der Waals surface area contributed by atoms with E-state index in [1.165, 1.54) is 30.9 Å². The fourth-order valence-corrected chi connectivity index (χ4v) is 5.69. The van der Waals surface area contributed by atoms with Crippen molar-refractivity contribution in [2.24, 2.45) is 0 Å². The summed E-state index contributed by atoms with van der Waals surface area (Å²) in [6, 6.07) is 10.2. The van der Waals surface area contributed by atoms with Gasteiger partial charge in [0.05, 0.1) is 17.3 Å². The average molecular weight is 480 g/mol. The highest BCUT2D eigenvalue weighted by Crippen LogP contribution is 2.47. The molecule has 1 aliphatic heterocycles. The number of carboxylic acid groups (broad SMARTS) is 1. The molecule has 2 aromatic carbocycles. The third-order valence-corrected chi connectivity index (χ3v) is 7.40. The van der Waals surface area contributed by atoms with E-state index >= 15 is 0 Å². The third-order valence-electron chi connectivity index (χ3n) is 7.40. The van der Waals surface area contributed by atoms with Crippen LogP contribution in [0.25, 0.3) is 22.2 Å². The fourth-order valence-electron chi connectivity index (χ4n) is 5.69. The summed E-state index contributed by atoms with van der Waals surface area (Å²) in [4.78, 5) is 14.0. The topological polar surface area (TPSA) is 66.7 Å². The molecule has 2 heterocycles. The van der Waals surface area contributed by atoms with Gasteiger partial charge in [0.25, 0.3) is 0 Å². The Hall–Kier alpha value is -2.90. The summed E-state index contributed by atoms with van der Waals surface area (Å²) in [5, 5.41) is 14.4. The maximum atomic E-state index is 14.6. The van der Waals surface area contributed by atoms with Gasteiger partial charge in [-0.15, -0.1) is 0 Å². The standard InChI is InChI=1S/C28H34FN3O3/c1-31(2)13-12-30-21-16-32-24-14-19(28(33)34)8-10-22(24)26(18-6-4-3-5-7-18)27(32)23-15-20(29)9-11-25(23)35-17-21/h8-11,14-15,18,21,30H,3-7,12-13,16-17H2,1-2H3,(H,33,34). The lowest BCUT2D eigenvalue weighted by Crippen LogP contribution is -2.42. The maximum absolute atomic E-state index is 14.6. The van der Waals surface area contributed by atoms with Crippen LogP contribution in [0, 0.1) is 5.82 Å². The van der Waals surface area contributed by atoms with E-state index in [4.69, 9.17) is 4.74 Å². The molecule has 186 valence electrons. The second kappa shape index (κ2) is 9.99. The van der Waals surface area contributed by atoms with Gasteiger partial charge in [-0.2, -0.15) is 0 Å². The molecular formula is C28H34FN3O3. The molecule has 1 saturated carbocycles. The molecule has 2 N–H and O–H groups in total. The Morgan fingerprint density at radius 1 is 1.17 bits per heavy atom. The van der Waals surface area contributed by atoms with E-state index in [-0.39, 0.29) is 17.4 Å². The average Bonchev–Trinajstić information content (AvgIpc) is 3.14. The summed E-state index contributed by atoms with van der Waals surface area (Å²) < 4.78 is 23.1. The minimum Gasteiger partial charge on any atom is -0.491 e. The van der Waals surface area contributed by atoms with Crippen LogP contribution >= 0.6 is 0 Å². The van der Waals surface area contributed by atoms with Gasteiger partial charge >= 0.3 is 5.97 Å². The second-order valence-electron chi connectivity index (χ2n) is 10.2. The highest BCUT2D eigenvalue weighted by molar-refractivity contribution is 5.98. The molecular weight excluding hydrogens is 445 g/mol. The number of aromatic carboxylic acids is 1. The molecule has 1 atom stereocenters. The van der Waals surface area contributed by atoms with Crippen molar-refractivity contribution in [3.63, 3.8) is 0 Å². The van der Waals surface area contributed by atoms with E-state index in [0.29, 0.717) is 24.8 Å². The lowest BCUT2D eigenvalue weighted by molar-refractivity contribution is 0.0697. The number of aromatic nitrogens is 1. The van der Waals surface area contributed by atoms with Crippen molar-refractivity contribution in [2.45, 2.75) is 50.6 Å². The number of ether oxygens (including phenoxy) is 1. The molecule has 0 spiro atoms. The normalized spacial score (nSPS) is 18.6. The second-order valence-corrected chi connectivity index (χ2v) is 10.2. The first-order valence-electron chi connectivity index (χ1n) is 12.6. The highest BCUT2D eigenvalue weighted by atomic mass is 19.1. The number of carboxylic acids is 1. The van der Waals surface area contributed by atoms with Crippen LogP contribution in [-0.4, -0.2) is 60.4 Å². The van der Waals surface area contributed by atoms with Crippen LogP contribution in [-0.2, 0) is 6.54 Å². The van der Waals surface area contributed by atoms with Crippen molar-refractivity contribution in [2.75, 3.05) is 33.8 Å². The van der Waals surface area contributed by atoms with Crippen LogP contribution in [0.2, 0.25) is 0 Å². The van der Waals surface area contributed by atoms with Gasteiger partial charge in [0.2, 0.25) is 0 Å². The lowest BCUT2D eigenvalue weighted by atomic mass is 9.81. The quantitative estimate of drug-likeness (QED) is 0.515. The minimum absolute atomic E-state index is 0.0233. The number of hydrogen-bond acceptors (Lipinski definition) is 4. The Labute approximate surface area is 205 Å². The van der Waals surface area contributed by atoms with Gasteiger partial charge in [0, 0.05) is 36.1 Å². The molecule has 7 heteroatoms. The summed E-state index contributed by atoms with van der Waals surface area (Å²) in [5.74, 6) is -0.215. The summed E-state index contributed by atoms with van der Waals surface area (Å²) in [6.45, 7) is 2.77. The first-order chi connectivity index (χ1) is 16.9. The van der Waals surface area contributed by atoms with Crippen LogP contribution in [0.15, 0.2) is 36.4 Å². The molecule has 0 amide bonds. The van der Waals surface area contributed by atoms with E-state index in [9.17, 15) is 14.3 Å². The Balaban J connectivity index is 1.72. The Bertz CT molecular complexity index is 1230. The van der Waals surface area contributed by atoms with Gasteiger partial charge in [-0.1, -0.05) is 25.3 Å². The van der Waals surface area contributed by atoms with Crippen molar-refractivity contribution in [1.29, 1.82) is 0 Å². The van der Waals surface area contributed by atoms with Gasteiger partial charge < -0.3 is 24.6 Å². The van der Waals surface area contributed by atoms with Crippen LogP contribution in [0.4, 0.5) is 4.39 Å². The maximum Gasteiger partial charge on any atom is 0.335 e. The molecule has 1 aliphatic carbocycles. The Kier molecular flexibility index (Phi) is 6.80. The van der Waals surface area contributed by atoms with Crippen LogP contribution in [0.3, 0.4) is 0 Å². The van der Waals surface area contributed by atoms with E-state index in [1.807, 2.05) is 20.2 Å². The van der Waals surface area contributed by atoms with Gasteiger partial charge in [-0.3, -0.25) is 0 Å². The summed E-state index contributed by atoms with van der Waals surface area (Å²) >= 11 is 0. The smallest absolute Gasteiger partial charge is 0.335 e. The number of likely N-dealkylation sites (N-methyl/N-ethyl adjacent to an activating group) is 1. The van der Waals surface area contributed by atoms with E-state index < -0.39 is 5.97 Å². The zero-order chi connectivity index (χ0) is 24.5. The van der Waals surface area contributed by atoms with Crippen LogP contribution in [0.1, 0.15) is 53.9 Å². The predicted octanol–water partition coefficient (Wildman–Crippen LogP) is 5.11. The molecule has 1 fully saturated rings. The third kappa shape index (κ3) is 4.80. The number of halogens is 1.